The molecule has 4 aliphatic carbocycles. The van der Waals surface area contributed by atoms with E-state index in [1.54, 1.807) is 37.3 Å². The topological polar surface area (TPSA) is 93.1 Å². The number of hydrogen-bond donors (Lipinski definition) is 2. The Balaban J connectivity index is 1.70. The van der Waals surface area contributed by atoms with E-state index in [0.29, 0.717) is 18.4 Å². The Labute approximate surface area is 163 Å². The van der Waals surface area contributed by atoms with Crippen molar-refractivity contribution in [2.24, 2.45) is 22.2 Å². The number of Topliss-reactive ketones (excluding diaryl/α,β-unsaturated/α-hetero) is 1. The van der Waals surface area contributed by atoms with Crippen molar-refractivity contribution in [2.75, 3.05) is 6.61 Å². The minimum atomic E-state index is -1.80. The lowest BCUT2D eigenvalue weighted by molar-refractivity contribution is -0.366. The molecule has 1 saturated heterocycles. The molecule has 28 heavy (non-hydrogen) atoms. The van der Waals surface area contributed by atoms with Gasteiger partial charge in [0.05, 0.1) is 17.8 Å². The van der Waals surface area contributed by atoms with Gasteiger partial charge in [0.25, 0.3) is 5.79 Å². The van der Waals surface area contributed by atoms with Gasteiger partial charge < -0.3 is 19.7 Å². The molecule has 4 bridgehead atoms. The molecule has 1 heterocycles. The summed E-state index contributed by atoms with van der Waals surface area (Å²) >= 11 is 0. The molecule has 1 aliphatic heterocycles. The normalized spacial score (nSPS) is 51.2. The molecule has 1 spiro atoms. The number of fused-ring (bicyclic) bond motifs is 1. The maximum atomic E-state index is 13.4. The molecule has 0 radical (unpaired) electrons. The van der Waals surface area contributed by atoms with Crippen LogP contribution in [0.2, 0.25) is 0 Å². The zero-order valence-corrected chi connectivity index (χ0v) is 16.4. The highest BCUT2D eigenvalue weighted by Gasteiger charge is 2.92. The number of carbonyl (C=O) groups excluding carboxylic acids is 2. The van der Waals surface area contributed by atoms with Gasteiger partial charge in [-0.05, 0) is 37.8 Å². The van der Waals surface area contributed by atoms with E-state index >= 15 is 0 Å². The van der Waals surface area contributed by atoms with Crippen molar-refractivity contribution in [3.63, 3.8) is 0 Å². The minimum absolute atomic E-state index is 0.0549. The highest BCUT2D eigenvalue weighted by Crippen LogP contribution is 2.80. The fourth-order valence-corrected chi connectivity index (χ4v) is 7.08. The Bertz CT molecular complexity index is 884. The van der Waals surface area contributed by atoms with Gasteiger partial charge in [-0.15, -0.1) is 0 Å². The SMILES string of the molecule is C[C@@H]1CC[C@@]2(O)[C@@]13CC(=O)[C@@]1(C)[C@@](OC(=O)c4ccccc4)(OC[C@@]21C)[C@@H]3O. The van der Waals surface area contributed by atoms with Crippen LogP contribution < -0.4 is 0 Å². The summed E-state index contributed by atoms with van der Waals surface area (Å²) in [5.74, 6) is -2.65. The lowest BCUT2D eigenvalue weighted by atomic mass is 9.35. The molecule has 2 N–H and O–H groups in total. The van der Waals surface area contributed by atoms with E-state index in [1.807, 2.05) is 13.8 Å². The molecule has 0 amide bonds. The maximum Gasteiger partial charge on any atom is 0.340 e. The molecule has 1 aromatic rings. The van der Waals surface area contributed by atoms with Crippen LogP contribution in [0.5, 0.6) is 0 Å². The van der Waals surface area contributed by atoms with E-state index in [0.717, 1.165) is 0 Å². The Morgan fingerprint density at radius 1 is 1.25 bits per heavy atom. The first kappa shape index (κ1) is 18.3. The summed E-state index contributed by atoms with van der Waals surface area (Å²) in [6, 6.07) is 8.48. The zero-order chi connectivity index (χ0) is 20.2. The van der Waals surface area contributed by atoms with Gasteiger partial charge in [-0.25, -0.2) is 4.79 Å². The van der Waals surface area contributed by atoms with Crippen LogP contribution in [0.3, 0.4) is 0 Å². The van der Waals surface area contributed by atoms with Crippen LogP contribution in [0.15, 0.2) is 30.3 Å². The van der Waals surface area contributed by atoms with Gasteiger partial charge in [-0.3, -0.25) is 4.79 Å². The Morgan fingerprint density at radius 3 is 2.61 bits per heavy atom. The second-order valence-corrected chi connectivity index (χ2v) is 9.51. The van der Waals surface area contributed by atoms with Gasteiger partial charge in [-0.1, -0.05) is 32.0 Å². The minimum Gasteiger partial charge on any atom is -0.425 e. The number of ether oxygens (including phenoxy) is 2. The smallest absolute Gasteiger partial charge is 0.340 e. The van der Waals surface area contributed by atoms with Gasteiger partial charge in [-0.2, -0.15) is 0 Å². The number of aliphatic hydroxyl groups is 2. The highest BCUT2D eigenvalue weighted by molar-refractivity contribution is 5.94. The standard InChI is InChI=1S/C22H26O6/c1-13-9-10-21(26)18(2)12-27-22(28-16(24)14-7-5-4-6-8-14)17(25)20(13,21)11-15(23)19(18,22)3/h4-8,13,17,25-26H,9-12H2,1-3H3/t13-,17-,18-,19-,20+,21+,22-/m1/s1. The number of aliphatic hydroxyl groups excluding tert-OH is 1. The van der Waals surface area contributed by atoms with Crippen LogP contribution in [-0.4, -0.2) is 46.1 Å². The first-order valence-corrected chi connectivity index (χ1v) is 9.97. The molecular weight excluding hydrogens is 360 g/mol. The van der Waals surface area contributed by atoms with E-state index in [-0.39, 0.29) is 24.7 Å². The van der Waals surface area contributed by atoms with Crippen molar-refractivity contribution in [1.29, 1.82) is 0 Å². The van der Waals surface area contributed by atoms with Crippen LogP contribution in [-0.2, 0) is 14.3 Å². The summed E-state index contributed by atoms with van der Waals surface area (Å²) in [4.78, 5) is 26.4. The maximum absolute atomic E-state index is 13.4. The third kappa shape index (κ3) is 1.51. The molecule has 5 aliphatic rings. The van der Waals surface area contributed by atoms with Crippen LogP contribution in [0.4, 0.5) is 0 Å². The summed E-state index contributed by atoms with van der Waals surface area (Å²) in [5, 5.41) is 23.5. The lowest BCUT2D eigenvalue weighted by Gasteiger charge is -2.70. The molecule has 0 aromatic heterocycles. The Morgan fingerprint density at radius 2 is 1.93 bits per heavy atom. The van der Waals surface area contributed by atoms with Crippen molar-refractivity contribution in [3.05, 3.63) is 35.9 Å². The van der Waals surface area contributed by atoms with E-state index < -0.39 is 39.7 Å². The molecule has 6 rings (SSSR count). The van der Waals surface area contributed by atoms with Crippen molar-refractivity contribution in [3.8, 4) is 0 Å². The van der Waals surface area contributed by atoms with Crippen molar-refractivity contribution < 1.29 is 29.3 Å². The third-order valence-electron chi connectivity index (χ3n) is 8.99. The summed E-state index contributed by atoms with van der Waals surface area (Å²) in [6.07, 6.45) is -0.00825. The number of carbonyl (C=O) groups is 2. The van der Waals surface area contributed by atoms with Gasteiger partial charge in [0.15, 0.2) is 0 Å². The summed E-state index contributed by atoms with van der Waals surface area (Å²) in [7, 11) is 0. The highest BCUT2D eigenvalue weighted by atomic mass is 16.7. The molecular formula is C22H26O6. The molecule has 4 saturated carbocycles. The molecule has 7 atom stereocenters. The molecule has 1 aromatic carbocycles. The predicted molar refractivity (Wildman–Crippen MR) is 98.2 cm³/mol. The molecule has 6 nitrogen and oxygen atoms in total. The first-order valence-electron chi connectivity index (χ1n) is 9.97. The average molecular weight is 386 g/mol. The Hall–Kier alpha value is -1.76. The van der Waals surface area contributed by atoms with Crippen molar-refractivity contribution >= 4 is 11.8 Å². The number of ketones is 1. The third-order valence-corrected chi connectivity index (χ3v) is 8.99. The lowest BCUT2D eigenvalue weighted by Crippen LogP contribution is -2.84. The van der Waals surface area contributed by atoms with Crippen LogP contribution in [0.25, 0.3) is 0 Å². The van der Waals surface area contributed by atoms with Gasteiger partial charge in [0.2, 0.25) is 0 Å². The average Bonchev–Trinajstić information content (AvgIpc) is 3.07. The van der Waals surface area contributed by atoms with E-state index in [1.165, 1.54) is 0 Å². The summed E-state index contributed by atoms with van der Waals surface area (Å²) in [6.45, 7) is 5.55. The summed E-state index contributed by atoms with van der Waals surface area (Å²) in [5.41, 5.74) is -4.28. The van der Waals surface area contributed by atoms with Crippen molar-refractivity contribution in [2.45, 2.75) is 57.5 Å². The van der Waals surface area contributed by atoms with Crippen LogP contribution in [0.1, 0.15) is 50.4 Å². The van der Waals surface area contributed by atoms with E-state index in [9.17, 15) is 19.8 Å². The van der Waals surface area contributed by atoms with E-state index in [2.05, 4.69) is 0 Å². The number of rotatable bonds is 2. The zero-order valence-electron chi connectivity index (χ0n) is 16.4. The fraction of sp³-hybridized carbons (Fsp3) is 0.636. The van der Waals surface area contributed by atoms with E-state index in [4.69, 9.17) is 9.47 Å². The number of hydrogen-bond acceptors (Lipinski definition) is 6. The van der Waals surface area contributed by atoms with Gasteiger partial charge in [0.1, 0.15) is 17.3 Å². The molecule has 6 heteroatoms. The largest absolute Gasteiger partial charge is 0.425 e. The number of esters is 1. The van der Waals surface area contributed by atoms with Gasteiger partial charge >= 0.3 is 5.97 Å². The monoisotopic (exact) mass is 386 g/mol. The second kappa shape index (κ2) is 5.04. The molecule has 0 unspecified atom stereocenters. The predicted octanol–water partition coefficient (Wildman–Crippen LogP) is 2.08. The van der Waals surface area contributed by atoms with Crippen LogP contribution in [0, 0.1) is 22.2 Å². The molecule has 150 valence electrons. The van der Waals surface area contributed by atoms with Crippen molar-refractivity contribution in [1.82, 2.24) is 0 Å². The molecule has 5 fully saturated rings. The van der Waals surface area contributed by atoms with Crippen LogP contribution >= 0.6 is 0 Å². The number of benzene rings is 1. The second-order valence-electron chi connectivity index (χ2n) is 9.51. The summed E-state index contributed by atoms with van der Waals surface area (Å²) < 4.78 is 11.9. The Kier molecular flexibility index (Phi) is 3.29. The van der Waals surface area contributed by atoms with Gasteiger partial charge in [0, 0.05) is 17.3 Å². The quantitative estimate of drug-likeness (QED) is 0.756. The first-order chi connectivity index (χ1) is 13.1. The fourth-order valence-electron chi connectivity index (χ4n) is 7.08.